The van der Waals surface area contributed by atoms with Crippen LogP contribution in [0.15, 0.2) is 77.3 Å². The molecule has 0 fully saturated rings. The fourth-order valence-electron chi connectivity index (χ4n) is 2.54. The third-order valence-corrected chi connectivity index (χ3v) is 4.20. The molecule has 0 heterocycles. The molecule has 24 heavy (non-hydrogen) atoms. The molecule has 0 spiro atoms. The van der Waals surface area contributed by atoms with Gasteiger partial charge in [-0.2, -0.15) is 0 Å². The first-order valence-electron chi connectivity index (χ1n) is 7.81. The van der Waals surface area contributed by atoms with E-state index in [1.807, 2.05) is 55.4 Å². The van der Waals surface area contributed by atoms with Gasteiger partial charge in [0, 0.05) is 21.7 Å². The Kier molecular flexibility index (Phi) is 5.16. The Morgan fingerprint density at radius 1 is 0.958 bits per heavy atom. The average molecular weight is 379 g/mol. The lowest BCUT2D eigenvalue weighted by Crippen LogP contribution is -2.00. The highest BCUT2D eigenvalue weighted by Gasteiger charge is 2.09. The van der Waals surface area contributed by atoms with Gasteiger partial charge in [-0.15, -0.1) is 0 Å². The summed E-state index contributed by atoms with van der Waals surface area (Å²) in [7, 11) is 0.506. The zero-order valence-corrected chi connectivity index (χ0v) is 14.9. The van der Waals surface area contributed by atoms with E-state index in [2.05, 4.69) is 22.0 Å². The third-order valence-electron chi connectivity index (χ3n) is 3.71. The van der Waals surface area contributed by atoms with E-state index in [1.165, 1.54) is 0 Å². The van der Waals surface area contributed by atoms with Crippen LogP contribution in [0.2, 0.25) is 6.82 Å². The van der Waals surface area contributed by atoms with Gasteiger partial charge >= 0.3 is 7.48 Å². The van der Waals surface area contributed by atoms with Gasteiger partial charge < -0.3 is 4.65 Å². The topological polar surface area (TPSA) is 26.3 Å². The Morgan fingerprint density at radius 3 is 2.42 bits per heavy atom. The summed E-state index contributed by atoms with van der Waals surface area (Å²) in [5, 5.41) is 2.24. The van der Waals surface area contributed by atoms with Gasteiger partial charge in [0.05, 0.1) is 0 Å². The number of hydrogen-bond acceptors (Lipinski definition) is 2. The molecule has 0 aliphatic rings. The molecule has 0 amide bonds. The predicted octanol–water partition coefficient (Wildman–Crippen LogP) is 5.24. The highest BCUT2D eigenvalue weighted by molar-refractivity contribution is 9.10. The fraction of sp³-hybridized carbons (Fsp3) is 0.0500. The summed E-state index contributed by atoms with van der Waals surface area (Å²) in [5.41, 5.74) is 1.55. The third kappa shape index (κ3) is 3.77. The number of fused-ring (bicyclic) bond motifs is 1. The molecule has 2 nitrogen and oxygen atoms in total. The SMILES string of the molecule is CBO/C(=C\C(=O)c1ccccc1)c1ccc2cc(Br)ccc2c1. The van der Waals surface area contributed by atoms with E-state index in [4.69, 9.17) is 4.65 Å². The Balaban J connectivity index is 2.00. The maximum atomic E-state index is 12.4. The van der Waals surface area contributed by atoms with Crippen molar-refractivity contribution in [3.63, 3.8) is 0 Å². The minimum atomic E-state index is -0.0602. The summed E-state index contributed by atoms with van der Waals surface area (Å²) >= 11 is 3.48. The molecule has 0 N–H and O–H groups in total. The van der Waals surface area contributed by atoms with Gasteiger partial charge in [-0.3, -0.25) is 4.79 Å². The molecule has 118 valence electrons. The van der Waals surface area contributed by atoms with E-state index < -0.39 is 0 Å². The standard InChI is InChI=1S/C20H16BBrO2/c1-21-24-20(13-19(23)14-5-3-2-4-6-14)17-8-7-16-12-18(22)10-9-15(16)11-17/h2-13,21H,1H3/b20-13-. The van der Waals surface area contributed by atoms with Crippen molar-refractivity contribution >= 4 is 45.7 Å². The van der Waals surface area contributed by atoms with Crippen molar-refractivity contribution in [2.45, 2.75) is 6.82 Å². The number of allylic oxidation sites excluding steroid dienone is 1. The lowest BCUT2D eigenvalue weighted by atomic mass is 10.0. The number of carbonyl (C=O) groups excluding carboxylic acids is 1. The number of halogens is 1. The van der Waals surface area contributed by atoms with Gasteiger partial charge in [0.15, 0.2) is 5.78 Å². The molecular weight excluding hydrogens is 363 g/mol. The van der Waals surface area contributed by atoms with Crippen molar-refractivity contribution < 1.29 is 9.45 Å². The second kappa shape index (κ2) is 7.50. The molecule has 0 radical (unpaired) electrons. The molecule has 0 aliphatic carbocycles. The predicted molar refractivity (Wildman–Crippen MR) is 104 cm³/mol. The van der Waals surface area contributed by atoms with E-state index in [0.29, 0.717) is 18.8 Å². The molecule has 3 rings (SSSR count). The van der Waals surface area contributed by atoms with Crippen molar-refractivity contribution in [3.05, 3.63) is 88.4 Å². The molecule has 0 unspecified atom stereocenters. The van der Waals surface area contributed by atoms with Crippen LogP contribution >= 0.6 is 15.9 Å². The first-order chi connectivity index (χ1) is 11.7. The summed E-state index contributed by atoms with van der Waals surface area (Å²) in [6, 6.07) is 21.4. The van der Waals surface area contributed by atoms with E-state index in [9.17, 15) is 4.79 Å². The molecule has 4 heteroatoms. The van der Waals surface area contributed by atoms with E-state index in [-0.39, 0.29) is 5.78 Å². The zero-order chi connectivity index (χ0) is 16.9. The molecule has 0 atom stereocenters. The van der Waals surface area contributed by atoms with Crippen LogP contribution in [-0.4, -0.2) is 13.3 Å². The van der Waals surface area contributed by atoms with Gasteiger partial charge in [0.1, 0.15) is 5.76 Å². The second-order valence-corrected chi connectivity index (χ2v) is 6.29. The monoisotopic (exact) mass is 378 g/mol. The van der Waals surface area contributed by atoms with E-state index in [0.717, 1.165) is 20.8 Å². The summed E-state index contributed by atoms with van der Waals surface area (Å²) in [5.74, 6) is 0.533. The van der Waals surface area contributed by atoms with Crippen molar-refractivity contribution in [1.82, 2.24) is 0 Å². The van der Waals surface area contributed by atoms with Crippen LogP contribution in [0, 0.1) is 0 Å². The minimum absolute atomic E-state index is 0.0602. The lowest BCUT2D eigenvalue weighted by Gasteiger charge is -2.10. The zero-order valence-electron chi connectivity index (χ0n) is 13.3. The summed E-state index contributed by atoms with van der Waals surface area (Å²) in [4.78, 5) is 12.4. The Morgan fingerprint density at radius 2 is 1.67 bits per heavy atom. The van der Waals surface area contributed by atoms with Gasteiger partial charge in [-0.1, -0.05) is 71.3 Å². The van der Waals surface area contributed by atoms with Crippen molar-refractivity contribution in [2.24, 2.45) is 0 Å². The average Bonchev–Trinajstić information content (AvgIpc) is 2.61. The summed E-state index contributed by atoms with van der Waals surface area (Å²) < 4.78 is 6.77. The van der Waals surface area contributed by atoms with Crippen LogP contribution < -0.4 is 0 Å². The molecule has 0 aliphatic heterocycles. The van der Waals surface area contributed by atoms with Crippen molar-refractivity contribution in [3.8, 4) is 0 Å². The highest BCUT2D eigenvalue weighted by atomic mass is 79.9. The van der Waals surface area contributed by atoms with E-state index in [1.54, 1.807) is 18.2 Å². The van der Waals surface area contributed by atoms with Gasteiger partial charge in [0.25, 0.3) is 0 Å². The van der Waals surface area contributed by atoms with Crippen molar-refractivity contribution in [2.75, 3.05) is 0 Å². The van der Waals surface area contributed by atoms with Crippen LogP contribution in [0.5, 0.6) is 0 Å². The maximum Gasteiger partial charge on any atom is 0.336 e. The van der Waals surface area contributed by atoms with Crippen LogP contribution in [-0.2, 0) is 4.65 Å². The first-order valence-corrected chi connectivity index (χ1v) is 8.60. The quantitative estimate of drug-likeness (QED) is 0.262. The Labute approximate surface area is 150 Å². The molecule has 0 bridgehead atoms. The number of ketones is 1. The smallest absolute Gasteiger partial charge is 0.336 e. The highest BCUT2D eigenvalue weighted by Crippen LogP contribution is 2.25. The van der Waals surface area contributed by atoms with E-state index >= 15 is 0 Å². The lowest BCUT2D eigenvalue weighted by molar-refractivity contribution is 0.104. The Hall–Kier alpha value is -2.33. The Bertz CT molecular complexity index is 904. The summed E-state index contributed by atoms with van der Waals surface area (Å²) in [6.07, 6.45) is 1.57. The molecule has 3 aromatic rings. The first kappa shape index (κ1) is 16.5. The normalized spacial score (nSPS) is 11.3. The molecule has 0 saturated heterocycles. The molecule has 0 aromatic heterocycles. The molecule has 3 aromatic carbocycles. The second-order valence-electron chi connectivity index (χ2n) is 5.38. The van der Waals surface area contributed by atoms with Crippen LogP contribution in [0.3, 0.4) is 0 Å². The van der Waals surface area contributed by atoms with Gasteiger partial charge in [-0.25, -0.2) is 0 Å². The number of benzene rings is 3. The number of rotatable bonds is 5. The van der Waals surface area contributed by atoms with Crippen LogP contribution in [0.1, 0.15) is 15.9 Å². The molecular formula is C20H16BBrO2. The van der Waals surface area contributed by atoms with Gasteiger partial charge in [-0.05, 0) is 29.0 Å². The van der Waals surface area contributed by atoms with Crippen molar-refractivity contribution in [1.29, 1.82) is 0 Å². The van der Waals surface area contributed by atoms with Crippen LogP contribution in [0.4, 0.5) is 0 Å². The molecule has 0 saturated carbocycles. The number of hydrogen-bond donors (Lipinski definition) is 0. The summed E-state index contributed by atoms with van der Waals surface area (Å²) in [6.45, 7) is 1.92. The van der Waals surface area contributed by atoms with Gasteiger partial charge in [0.2, 0.25) is 0 Å². The minimum Gasteiger partial charge on any atom is -0.564 e. The number of carbonyl (C=O) groups is 1. The maximum absolute atomic E-state index is 12.4. The fourth-order valence-corrected chi connectivity index (χ4v) is 2.92. The largest absolute Gasteiger partial charge is 0.564 e. The van der Waals surface area contributed by atoms with Crippen LogP contribution in [0.25, 0.3) is 16.5 Å².